The summed E-state index contributed by atoms with van der Waals surface area (Å²) in [4.78, 5) is 29.3. The summed E-state index contributed by atoms with van der Waals surface area (Å²) in [6.07, 6.45) is 1.24. The number of β-amino-alcohol motifs (C(OH)–C–C–N with tert-alkyl or cyclic N) is 1. The molecule has 1 unspecified atom stereocenters. The molecule has 0 bridgehead atoms. The van der Waals surface area contributed by atoms with E-state index in [2.05, 4.69) is 19.1 Å². The molecule has 29 heavy (non-hydrogen) atoms. The van der Waals surface area contributed by atoms with Crippen LogP contribution in [0.25, 0.3) is 11.1 Å². The second-order valence-corrected chi connectivity index (χ2v) is 8.51. The second-order valence-electron chi connectivity index (χ2n) is 8.51. The summed E-state index contributed by atoms with van der Waals surface area (Å²) < 4.78 is 0. The van der Waals surface area contributed by atoms with Crippen LogP contribution in [0, 0.1) is 12.3 Å². The van der Waals surface area contributed by atoms with E-state index in [-0.39, 0.29) is 11.8 Å². The van der Waals surface area contributed by atoms with Gasteiger partial charge in [-0.2, -0.15) is 0 Å². The van der Waals surface area contributed by atoms with Crippen molar-refractivity contribution in [3.63, 3.8) is 0 Å². The number of carbonyl (C=O) groups is 2. The molecular weight excluding hydrogens is 364 g/mol. The van der Waals surface area contributed by atoms with Gasteiger partial charge >= 0.3 is 0 Å². The van der Waals surface area contributed by atoms with Gasteiger partial charge in [-0.25, -0.2) is 0 Å². The predicted molar refractivity (Wildman–Crippen MR) is 112 cm³/mol. The highest BCUT2D eigenvalue weighted by Gasteiger charge is 2.48. The smallest absolute Gasteiger partial charge is 0.253 e. The van der Waals surface area contributed by atoms with Gasteiger partial charge in [0.05, 0.1) is 11.5 Å². The molecule has 0 radical (unpaired) electrons. The summed E-state index contributed by atoms with van der Waals surface area (Å²) in [5, 5.41) is 10.2. The molecule has 2 heterocycles. The van der Waals surface area contributed by atoms with Gasteiger partial charge in [0.15, 0.2) is 0 Å². The molecule has 1 atom stereocenters. The van der Waals surface area contributed by atoms with E-state index in [0.717, 1.165) is 11.1 Å². The van der Waals surface area contributed by atoms with Crippen molar-refractivity contribution >= 4 is 11.8 Å². The third-order valence-electron chi connectivity index (χ3n) is 6.48. The lowest BCUT2D eigenvalue weighted by Gasteiger charge is -2.47. The van der Waals surface area contributed by atoms with E-state index in [0.29, 0.717) is 44.5 Å². The van der Waals surface area contributed by atoms with Crippen LogP contribution in [-0.4, -0.2) is 59.5 Å². The largest absolute Gasteiger partial charge is 0.391 e. The van der Waals surface area contributed by atoms with Crippen LogP contribution in [0.4, 0.5) is 0 Å². The van der Waals surface area contributed by atoms with Gasteiger partial charge in [0.1, 0.15) is 0 Å². The number of aliphatic hydroxyl groups excluding tert-OH is 1. The molecule has 2 saturated heterocycles. The van der Waals surface area contributed by atoms with Crippen molar-refractivity contribution in [3.05, 3.63) is 59.7 Å². The van der Waals surface area contributed by atoms with Crippen molar-refractivity contribution in [2.75, 3.05) is 26.7 Å². The molecule has 2 aromatic carbocycles. The van der Waals surface area contributed by atoms with Crippen LogP contribution >= 0.6 is 0 Å². The van der Waals surface area contributed by atoms with E-state index in [1.165, 1.54) is 5.56 Å². The maximum Gasteiger partial charge on any atom is 0.253 e. The number of rotatable bonds is 2. The molecule has 0 aromatic heterocycles. The molecule has 2 aliphatic heterocycles. The van der Waals surface area contributed by atoms with Gasteiger partial charge < -0.3 is 14.9 Å². The van der Waals surface area contributed by atoms with Crippen LogP contribution in [0.5, 0.6) is 0 Å². The fraction of sp³-hybridized carbons (Fsp3) is 0.417. The lowest BCUT2D eigenvalue weighted by molar-refractivity contribution is -0.154. The number of aliphatic hydroxyl groups is 1. The highest BCUT2D eigenvalue weighted by Crippen LogP contribution is 2.41. The van der Waals surface area contributed by atoms with Crippen LogP contribution in [0.3, 0.4) is 0 Å². The number of likely N-dealkylation sites (N-methyl/N-ethyl adjacent to an activating group) is 1. The monoisotopic (exact) mass is 392 g/mol. The lowest BCUT2D eigenvalue weighted by atomic mass is 9.71. The highest BCUT2D eigenvalue weighted by molar-refractivity contribution is 5.96. The Morgan fingerprint density at radius 1 is 1.10 bits per heavy atom. The number of amides is 2. The molecule has 152 valence electrons. The van der Waals surface area contributed by atoms with Crippen LogP contribution in [0.1, 0.15) is 35.2 Å². The van der Waals surface area contributed by atoms with Crippen molar-refractivity contribution in [1.82, 2.24) is 9.80 Å². The summed E-state index contributed by atoms with van der Waals surface area (Å²) >= 11 is 0. The first-order chi connectivity index (χ1) is 13.9. The van der Waals surface area contributed by atoms with Gasteiger partial charge in [-0.05, 0) is 55.0 Å². The molecule has 0 aliphatic carbocycles. The topological polar surface area (TPSA) is 60.9 Å². The van der Waals surface area contributed by atoms with E-state index < -0.39 is 11.5 Å². The number of hydrogen-bond donors (Lipinski definition) is 1. The van der Waals surface area contributed by atoms with Crippen molar-refractivity contribution in [3.8, 4) is 11.1 Å². The maximum absolute atomic E-state index is 13.1. The van der Waals surface area contributed by atoms with Gasteiger partial charge in [0.25, 0.3) is 5.91 Å². The molecule has 2 aliphatic rings. The van der Waals surface area contributed by atoms with E-state index >= 15 is 0 Å². The first-order valence-electron chi connectivity index (χ1n) is 10.3. The fourth-order valence-corrected chi connectivity index (χ4v) is 4.86. The molecule has 5 heteroatoms. The highest BCUT2D eigenvalue weighted by atomic mass is 16.3. The Labute approximate surface area is 171 Å². The third-order valence-corrected chi connectivity index (χ3v) is 6.48. The van der Waals surface area contributed by atoms with Crippen LogP contribution in [-0.2, 0) is 4.79 Å². The Hall–Kier alpha value is -2.66. The summed E-state index contributed by atoms with van der Waals surface area (Å²) in [6.45, 7) is 3.55. The Bertz CT molecular complexity index is 931. The molecule has 5 nitrogen and oxygen atoms in total. The molecule has 2 fully saturated rings. The standard InChI is InChI=1S/C24H28N2O3/c1-17-6-3-4-9-21(17)18-7-5-8-19(14-18)22(28)26-12-10-24(11-13-26)15-20(27)16-25(2)23(24)29/h3-9,14,20,27H,10-13,15-16H2,1-2H3. The van der Waals surface area contributed by atoms with Gasteiger partial charge in [0, 0.05) is 32.2 Å². The number of likely N-dealkylation sites (tertiary alicyclic amines) is 2. The average Bonchev–Trinajstić information content (AvgIpc) is 2.72. The summed E-state index contributed by atoms with van der Waals surface area (Å²) in [7, 11) is 1.75. The lowest BCUT2D eigenvalue weighted by Crippen LogP contribution is -2.56. The van der Waals surface area contributed by atoms with Gasteiger partial charge in [0.2, 0.25) is 5.91 Å². The zero-order valence-corrected chi connectivity index (χ0v) is 17.1. The molecule has 4 rings (SSSR count). The van der Waals surface area contributed by atoms with Crippen molar-refractivity contribution in [1.29, 1.82) is 0 Å². The summed E-state index contributed by atoms with van der Waals surface area (Å²) in [5.41, 5.74) is 3.50. The fourth-order valence-electron chi connectivity index (χ4n) is 4.86. The minimum absolute atomic E-state index is 0.00689. The van der Waals surface area contributed by atoms with E-state index in [1.807, 2.05) is 41.3 Å². The SMILES string of the molecule is Cc1ccccc1-c1cccc(C(=O)N2CCC3(CC2)CC(O)CN(C)C3=O)c1. The zero-order valence-electron chi connectivity index (χ0n) is 17.1. The minimum atomic E-state index is -0.522. The molecule has 1 N–H and O–H groups in total. The van der Waals surface area contributed by atoms with Crippen molar-refractivity contribution in [2.45, 2.75) is 32.3 Å². The molecule has 2 aromatic rings. The number of benzene rings is 2. The van der Waals surface area contributed by atoms with E-state index in [9.17, 15) is 14.7 Å². The number of hydrogen-bond acceptors (Lipinski definition) is 3. The van der Waals surface area contributed by atoms with Crippen LogP contribution in [0.15, 0.2) is 48.5 Å². The van der Waals surface area contributed by atoms with Gasteiger partial charge in [-0.1, -0.05) is 36.4 Å². The predicted octanol–water partition coefficient (Wildman–Crippen LogP) is 3.11. The van der Waals surface area contributed by atoms with E-state index in [1.54, 1.807) is 11.9 Å². The zero-order chi connectivity index (χ0) is 20.6. The maximum atomic E-state index is 13.1. The number of carbonyl (C=O) groups excluding carboxylic acids is 2. The first kappa shape index (κ1) is 19.6. The number of nitrogens with zero attached hydrogens (tertiary/aromatic N) is 2. The van der Waals surface area contributed by atoms with Crippen molar-refractivity contribution < 1.29 is 14.7 Å². The normalized spacial score (nSPS) is 21.5. The van der Waals surface area contributed by atoms with E-state index in [4.69, 9.17) is 0 Å². The van der Waals surface area contributed by atoms with Crippen LogP contribution in [0.2, 0.25) is 0 Å². The minimum Gasteiger partial charge on any atom is -0.391 e. The molecule has 1 spiro atoms. The Morgan fingerprint density at radius 3 is 2.55 bits per heavy atom. The molecular formula is C24H28N2O3. The number of piperidine rings is 2. The quantitative estimate of drug-likeness (QED) is 0.854. The Balaban J connectivity index is 1.50. The summed E-state index contributed by atoms with van der Waals surface area (Å²) in [5.74, 6) is 0.115. The Morgan fingerprint density at radius 2 is 1.83 bits per heavy atom. The van der Waals surface area contributed by atoms with Gasteiger partial charge in [-0.15, -0.1) is 0 Å². The molecule has 2 amide bonds. The van der Waals surface area contributed by atoms with Crippen LogP contribution < -0.4 is 0 Å². The third kappa shape index (κ3) is 3.67. The second kappa shape index (κ2) is 7.64. The average molecular weight is 392 g/mol. The Kier molecular flexibility index (Phi) is 5.17. The summed E-state index contributed by atoms with van der Waals surface area (Å²) in [6, 6.07) is 15.9. The van der Waals surface area contributed by atoms with Crippen molar-refractivity contribution in [2.24, 2.45) is 5.41 Å². The number of aryl methyl sites for hydroxylation is 1. The van der Waals surface area contributed by atoms with Gasteiger partial charge in [-0.3, -0.25) is 9.59 Å². The first-order valence-corrected chi connectivity index (χ1v) is 10.3. The molecule has 0 saturated carbocycles.